The lowest BCUT2D eigenvalue weighted by atomic mass is 10.3. The van der Waals surface area contributed by atoms with Gasteiger partial charge in [-0.15, -0.1) is 0 Å². The number of rotatable bonds is 6. The van der Waals surface area contributed by atoms with Crippen LogP contribution in [0.15, 0.2) is 48.5 Å². The standard InChI is InChI=1S/C18H19N3O3S2/c1-22-14-6-2-12(3-7-14)20-17(25)21-13-4-8-15(9-5-13)23-11-16-10-19-18(26)24-16/h2-9,16H,10-11H2,1H3,(H,19,26)(H2,20,21,25). The average Bonchev–Trinajstić information content (AvgIpc) is 3.07. The highest BCUT2D eigenvalue weighted by Crippen LogP contribution is 2.18. The highest BCUT2D eigenvalue weighted by atomic mass is 32.1. The van der Waals surface area contributed by atoms with Gasteiger partial charge >= 0.3 is 0 Å². The van der Waals surface area contributed by atoms with Crippen LogP contribution in [-0.2, 0) is 4.74 Å². The Morgan fingerprint density at radius 2 is 1.65 bits per heavy atom. The van der Waals surface area contributed by atoms with Gasteiger partial charge in [0.15, 0.2) is 11.2 Å². The number of ether oxygens (including phenoxy) is 3. The maximum atomic E-state index is 5.70. The molecular formula is C18H19N3O3S2. The van der Waals surface area contributed by atoms with Crippen molar-refractivity contribution < 1.29 is 14.2 Å². The molecule has 0 bridgehead atoms. The van der Waals surface area contributed by atoms with Gasteiger partial charge in [0.1, 0.15) is 18.1 Å². The van der Waals surface area contributed by atoms with Crippen molar-refractivity contribution in [3.05, 3.63) is 48.5 Å². The predicted octanol–water partition coefficient (Wildman–Crippen LogP) is 3.16. The summed E-state index contributed by atoms with van der Waals surface area (Å²) in [5, 5.41) is 10.1. The fourth-order valence-corrected chi connectivity index (χ4v) is 2.77. The summed E-state index contributed by atoms with van der Waals surface area (Å²) in [5.41, 5.74) is 1.75. The molecule has 1 fully saturated rings. The molecule has 0 saturated carbocycles. The molecule has 0 aliphatic carbocycles. The Bertz CT molecular complexity index is 766. The summed E-state index contributed by atoms with van der Waals surface area (Å²) < 4.78 is 16.2. The van der Waals surface area contributed by atoms with Crippen LogP contribution in [0, 0.1) is 0 Å². The van der Waals surface area contributed by atoms with E-state index >= 15 is 0 Å². The fraction of sp³-hybridized carbons (Fsp3) is 0.222. The summed E-state index contributed by atoms with van der Waals surface area (Å²) in [6.07, 6.45) is -0.0541. The van der Waals surface area contributed by atoms with Crippen molar-refractivity contribution in [2.45, 2.75) is 6.10 Å². The largest absolute Gasteiger partial charge is 0.497 e. The van der Waals surface area contributed by atoms with Gasteiger partial charge in [-0.3, -0.25) is 0 Å². The van der Waals surface area contributed by atoms with Crippen LogP contribution in [0.5, 0.6) is 11.5 Å². The van der Waals surface area contributed by atoms with Gasteiger partial charge in [-0.1, -0.05) is 0 Å². The Hall–Kier alpha value is -2.58. The molecule has 2 aromatic rings. The molecule has 1 aliphatic heterocycles. The first-order chi connectivity index (χ1) is 12.6. The SMILES string of the molecule is COc1ccc(NC(=S)Nc2ccc(OCC3CNC(=S)O3)cc2)cc1. The van der Waals surface area contributed by atoms with Crippen LogP contribution in [0.25, 0.3) is 0 Å². The zero-order chi connectivity index (χ0) is 18.4. The molecule has 1 aliphatic rings. The first-order valence-electron chi connectivity index (χ1n) is 8.02. The number of hydrogen-bond acceptors (Lipinski definition) is 5. The van der Waals surface area contributed by atoms with Crippen LogP contribution in [0.2, 0.25) is 0 Å². The maximum Gasteiger partial charge on any atom is 0.257 e. The van der Waals surface area contributed by atoms with Crippen LogP contribution in [-0.4, -0.2) is 36.7 Å². The van der Waals surface area contributed by atoms with Crippen LogP contribution in [0.3, 0.4) is 0 Å². The molecule has 0 amide bonds. The van der Waals surface area contributed by atoms with Crippen molar-refractivity contribution in [3.63, 3.8) is 0 Å². The average molecular weight is 390 g/mol. The van der Waals surface area contributed by atoms with E-state index in [1.807, 2.05) is 48.5 Å². The predicted molar refractivity (Wildman–Crippen MR) is 110 cm³/mol. The van der Waals surface area contributed by atoms with Crippen LogP contribution >= 0.6 is 24.4 Å². The topological polar surface area (TPSA) is 63.8 Å². The van der Waals surface area contributed by atoms with Crippen molar-refractivity contribution in [3.8, 4) is 11.5 Å². The molecule has 1 unspecified atom stereocenters. The van der Waals surface area contributed by atoms with Gasteiger partial charge in [-0.25, -0.2) is 0 Å². The van der Waals surface area contributed by atoms with E-state index in [-0.39, 0.29) is 6.10 Å². The van der Waals surface area contributed by atoms with E-state index in [0.29, 0.717) is 23.4 Å². The summed E-state index contributed by atoms with van der Waals surface area (Å²) in [4.78, 5) is 0. The lowest BCUT2D eigenvalue weighted by Crippen LogP contribution is -2.22. The third-order valence-electron chi connectivity index (χ3n) is 3.64. The first kappa shape index (κ1) is 18.2. The molecule has 26 heavy (non-hydrogen) atoms. The lowest BCUT2D eigenvalue weighted by Gasteiger charge is -2.13. The van der Waals surface area contributed by atoms with Crippen LogP contribution in [0.1, 0.15) is 0 Å². The molecule has 0 spiro atoms. The summed E-state index contributed by atoms with van der Waals surface area (Å²) in [6.45, 7) is 1.11. The normalized spacial score (nSPS) is 15.6. The number of thiocarbonyl (C=S) groups is 2. The molecule has 3 N–H and O–H groups in total. The van der Waals surface area contributed by atoms with Gasteiger partial charge in [0.2, 0.25) is 0 Å². The van der Waals surface area contributed by atoms with Crippen molar-refractivity contribution in [1.29, 1.82) is 0 Å². The third-order valence-corrected chi connectivity index (χ3v) is 4.09. The number of nitrogens with one attached hydrogen (secondary N) is 3. The second-order valence-electron chi connectivity index (χ2n) is 5.55. The Labute approximate surface area is 162 Å². The minimum atomic E-state index is -0.0541. The summed E-state index contributed by atoms with van der Waals surface area (Å²) >= 11 is 10.2. The maximum absolute atomic E-state index is 5.70. The second kappa shape index (κ2) is 8.68. The fourth-order valence-electron chi connectivity index (χ4n) is 2.32. The van der Waals surface area contributed by atoms with Gasteiger partial charge in [-0.2, -0.15) is 0 Å². The summed E-state index contributed by atoms with van der Waals surface area (Å²) in [5.74, 6) is 1.55. The number of anilines is 2. The van der Waals surface area contributed by atoms with E-state index in [1.54, 1.807) is 7.11 Å². The molecule has 1 atom stereocenters. The van der Waals surface area contributed by atoms with Crippen molar-refractivity contribution in [2.75, 3.05) is 30.9 Å². The Morgan fingerprint density at radius 3 is 2.15 bits per heavy atom. The zero-order valence-corrected chi connectivity index (χ0v) is 15.8. The van der Waals surface area contributed by atoms with Crippen LogP contribution in [0.4, 0.5) is 11.4 Å². The van der Waals surface area contributed by atoms with Crippen LogP contribution < -0.4 is 25.4 Å². The molecule has 8 heteroatoms. The minimum Gasteiger partial charge on any atom is -0.497 e. The van der Waals surface area contributed by atoms with E-state index < -0.39 is 0 Å². The molecule has 2 aromatic carbocycles. The number of benzene rings is 2. The third kappa shape index (κ3) is 5.21. The highest BCUT2D eigenvalue weighted by molar-refractivity contribution is 7.80. The van der Waals surface area contributed by atoms with Gasteiger partial charge in [0, 0.05) is 11.4 Å². The van der Waals surface area contributed by atoms with Crippen molar-refractivity contribution >= 4 is 46.1 Å². The molecule has 1 heterocycles. The van der Waals surface area contributed by atoms with Crippen molar-refractivity contribution in [1.82, 2.24) is 5.32 Å². The highest BCUT2D eigenvalue weighted by Gasteiger charge is 2.20. The molecule has 136 valence electrons. The smallest absolute Gasteiger partial charge is 0.257 e. The van der Waals surface area contributed by atoms with E-state index in [2.05, 4.69) is 16.0 Å². The molecular weight excluding hydrogens is 370 g/mol. The zero-order valence-electron chi connectivity index (χ0n) is 14.2. The van der Waals surface area contributed by atoms with Crippen molar-refractivity contribution in [2.24, 2.45) is 0 Å². The van der Waals surface area contributed by atoms with E-state index in [4.69, 9.17) is 38.6 Å². The quantitative estimate of drug-likeness (QED) is 0.652. The van der Waals surface area contributed by atoms with Gasteiger partial charge < -0.3 is 30.2 Å². The van der Waals surface area contributed by atoms with E-state index in [1.165, 1.54) is 0 Å². The van der Waals surface area contributed by atoms with E-state index in [0.717, 1.165) is 22.9 Å². The first-order valence-corrected chi connectivity index (χ1v) is 8.83. The van der Waals surface area contributed by atoms with Gasteiger partial charge in [-0.05, 0) is 73.0 Å². The molecule has 3 rings (SSSR count). The minimum absolute atomic E-state index is 0.0541. The summed E-state index contributed by atoms with van der Waals surface area (Å²) in [7, 11) is 1.63. The lowest BCUT2D eigenvalue weighted by molar-refractivity contribution is 0.150. The Morgan fingerprint density at radius 1 is 1.08 bits per heavy atom. The number of methoxy groups -OCH3 is 1. The molecule has 1 saturated heterocycles. The molecule has 0 aromatic heterocycles. The Balaban J connectivity index is 1.46. The Kier molecular flexibility index (Phi) is 6.08. The second-order valence-corrected chi connectivity index (χ2v) is 6.33. The van der Waals surface area contributed by atoms with Gasteiger partial charge in [0.05, 0.1) is 13.7 Å². The van der Waals surface area contributed by atoms with Gasteiger partial charge in [0.25, 0.3) is 5.17 Å². The number of hydrogen-bond donors (Lipinski definition) is 3. The van der Waals surface area contributed by atoms with E-state index in [9.17, 15) is 0 Å². The monoisotopic (exact) mass is 389 g/mol. The molecule has 0 radical (unpaired) electrons. The molecule has 6 nitrogen and oxygen atoms in total. The summed E-state index contributed by atoms with van der Waals surface area (Å²) in [6, 6.07) is 15.1.